The van der Waals surface area contributed by atoms with Crippen molar-refractivity contribution in [1.29, 1.82) is 0 Å². The van der Waals surface area contributed by atoms with E-state index in [1.165, 1.54) is 5.56 Å². The van der Waals surface area contributed by atoms with E-state index in [1.807, 2.05) is 12.1 Å². The summed E-state index contributed by atoms with van der Waals surface area (Å²) < 4.78 is 0. The highest BCUT2D eigenvalue weighted by Crippen LogP contribution is 2.11. The maximum absolute atomic E-state index is 12.2. The fourth-order valence-electron chi connectivity index (χ4n) is 2.92. The van der Waals surface area contributed by atoms with Crippen LogP contribution < -0.4 is 5.32 Å². The van der Waals surface area contributed by atoms with Crippen LogP contribution >= 0.6 is 0 Å². The predicted octanol–water partition coefficient (Wildman–Crippen LogP) is 2.46. The maximum atomic E-state index is 12.2. The summed E-state index contributed by atoms with van der Waals surface area (Å²) in [6, 6.07) is 8.10. The first kappa shape index (κ1) is 17.0. The first-order chi connectivity index (χ1) is 10.6. The lowest BCUT2D eigenvalue weighted by Crippen LogP contribution is -2.49. The highest BCUT2D eigenvalue weighted by Gasteiger charge is 2.19. The second-order valence-electron chi connectivity index (χ2n) is 6.57. The Hall–Kier alpha value is -1.39. The van der Waals surface area contributed by atoms with Crippen molar-refractivity contribution in [3.05, 3.63) is 29.8 Å². The first-order valence-electron chi connectivity index (χ1n) is 8.40. The molecule has 1 aliphatic rings. The van der Waals surface area contributed by atoms with Crippen LogP contribution in [0.2, 0.25) is 0 Å². The van der Waals surface area contributed by atoms with Crippen molar-refractivity contribution in [2.24, 2.45) is 5.92 Å². The molecule has 1 heterocycles. The van der Waals surface area contributed by atoms with Crippen LogP contribution in [-0.4, -0.2) is 55.0 Å². The summed E-state index contributed by atoms with van der Waals surface area (Å²) in [4.78, 5) is 16.9. The number of carbonyl (C=O) groups excluding carboxylic acids is 1. The van der Waals surface area contributed by atoms with Crippen LogP contribution in [0, 0.1) is 5.92 Å². The number of benzene rings is 1. The van der Waals surface area contributed by atoms with Gasteiger partial charge in [0, 0.05) is 38.4 Å². The van der Waals surface area contributed by atoms with E-state index < -0.39 is 0 Å². The van der Waals surface area contributed by atoms with Crippen LogP contribution in [0.4, 0.5) is 5.69 Å². The lowest BCUT2D eigenvalue weighted by Gasteiger charge is -2.35. The molecule has 0 aromatic heterocycles. The molecule has 1 aromatic carbocycles. The number of aryl methyl sites for hydroxylation is 1. The highest BCUT2D eigenvalue weighted by atomic mass is 16.2. The van der Waals surface area contributed by atoms with Gasteiger partial charge in [0.1, 0.15) is 0 Å². The summed E-state index contributed by atoms with van der Waals surface area (Å²) in [5.41, 5.74) is 2.16. The van der Waals surface area contributed by atoms with Gasteiger partial charge in [-0.1, -0.05) is 32.9 Å². The van der Waals surface area contributed by atoms with Gasteiger partial charge in [0.25, 0.3) is 0 Å². The molecule has 1 fully saturated rings. The monoisotopic (exact) mass is 303 g/mol. The largest absolute Gasteiger partial charge is 0.325 e. The number of amides is 1. The van der Waals surface area contributed by atoms with Gasteiger partial charge < -0.3 is 10.2 Å². The number of nitrogens with zero attached hydrogens (tertiary/aromatic N) is 2. The average molecular weight is 303 g/mol. The number of nitrogens with one attached hydrogen (secondary N) is 1. The fourth-order valence-corrected chi connectivity index (χ4v) is 2.92. The summed E-state index contributed by atoms with van der Waals surface area (Å²) in [6.07, 6.45) is 0.988. The normalized spacial score (nSPS) is 16.9. The number of hydrogen-bond donors (Lipinski definition) is 1. The van der Waals surface area contributed by atoms with Gasteiger partial charge in [-0.05, 0) is 30.0 Å². The number of anilines is 1. The molecule has 0 aliphatic carbocycles. The zero-order valence-corrected chi connectivity index (χ0v) is 14.1. The van der Waals surface area contributed by atoms with Gasteiger partial charge in [0.05, 0.1) is 6.54 Å². The van der Waals surface area contributed by atoms with Crippen molar-refractivity contribution in [2.45, 2.75) is 27.2 Å². The summed E-state index contributed by atoms with van der Waals surface area (Å²) >= 11 is 0. The zero-order chi connectivity index (χ0) is 15.9. The highest BCUT2D eigenvalue weighted by molar-refractivity contribution is 5.92. The summed E-state index contributed by atoms with van der Waals surface area (Å²) in [5, 5.41) is 3.01. The Morgan fingerprint density at radius 1 is 1.18 bits per heavy atom. The lowest BCUT2D eigenvalue weighted by atomic mass is 10.1. The van der Waals surface area contributed by atoms with Gasteiger partial charge in [-0.2, -0.15) is 0 Å². The Bertz CT molecular complexity index is 479. The molecule has 0 spiro atoms. The number of rotatable bonds is 6. The van der Waals surface area contributed by atoms with Crippen LogP contribution in [0.1, 0.15) is 26.3 Å². The Morgan fingerprint density at radius 2 is 1.86 bits per heavy atom. The van der Waals surface area contributed by atoms with Crippen molar-refractivity contribution in [1.82, 2.24) is 9.80 Å². The smallest absolute Gasteiger partial charge is 0.238 e. The van der Waals surface area contributed by atoms with E-state index in [9.17, 15) is 4.79 Å². The van der Waals surface area contributed by atoms with E-state index in [4.69, 9.17) is 0 Å². The van der Waals surface area contributed by atoms with Crippen molar-refractivity contribution in [3.63, 3.8) is 0 Å². The Balaban J connectivity index is 1.76. The Morgan fingerprint density at radius 3 is 2.50 bits per heavy atom. The molecule has 1 amide bonds. The molecule has 4 nitrogen and oxygen atoms in total. The van der Waals surface area contributed by atoms with E-state index >= 15 is 0 Å². The van der Waals surface area contributed by atoms with E-state index in [0.717, 1.165) is 44.8 Å². The molecule has 0 unspecified atom stereocenters. The third-order valence-corrected chi connectivity index (χ3v) is 4.07. The van der Waals surface area contributed by atoms with Gasteiger partial charge >= 0.3 is 0 Å². The van der Waals surface area contributed by atoms with E-state index in [0.29, 0.717) is 12.5 Å². The van der Waals surface area contributed by atoms with Crippen molar-refractivity contribution in [3.8, 4) is 0 Å². The van der Waals surface area contributed by atoms with Crippen LogP contribution in [0.5, 0.6) is 0 Å². The molecule has 1 aromatic rings. The van der Waals surface area contributed by atoms with Gasteiger partial charge in [0.2, 0.25) is 5.91 Å². The summed E-state index contributed by atoms with van der Waals surface area (Å²) in [7, 11) is 0. The van der Waals surface area contributed by atoms with Crippen LogP contribution in [0.15, 0.2) is 24.3 Å². The molecule has 4 heteroatoms. The SMILES string of the molecule is CCc1cccc(NC(=O)CN2CCN(CC(C)C)CC2)c1. The molecule has 22 heavy (non-hydrogen) atoms. The summed E-state index contributed by atoms with van der Waals surface area (Å²) in [5.74, 6) is 0.797. The molecule has 0 saturated carbocycles. The predicted molar refractivity (Wildman–Crippen MR) is 92.2 cm³/mol. The molecule has 1 N–H and O–H groups in total. The number of hydrogen-bond acceptors (Lipinski definition) is 3. The van der Waals surface area contributed by atoms with Crippen LogP contribution in [0.3, 0.4) is 0 Å². The number of carbonyl (C=O) groups is 1. The molecular formula is C18H29N3O. The van der Waals surface area contributed by atoms with Crippen molar-refractivity contribution in [2.75, 3.05) is 44.6 Å². The van der Waals surface area contributed by atoms with E-state index in [-0.39, 0.29) is 5.91 Å². The standard InChI is InChI=1S/C18H29N3O/c1-4-16-6-5-7-17(12-16)19-18(22)14-21-10-8-20(9-11-21)13-15(2)3/h5-7,12,15H,4,8-11,13-14H2,1-3H3,(H,19,22). The molecule has 1 aliphatic heterocycles. The maximum Gasteiger partial charge on any atom is 0.238 e. The van der Waals surface area contributed by atoms with Gasteiger partial charge in [0.15, 0.2) is 0 Å². The van der Waals surface area contributed by atoms with Gasteiger partial charge in [-0.3, -0.25) is 9.69 Å². The molecular weight excluding hydrogens is 274 g/mol. The zero-order valence-electron chi connectivity index (χ0n) is 14.1. The molecule has 0 radical (unpaired) electrons. The first-order valence-corrected chi connectivity index (χ1v) is 8.40. The van der Waals surface area contributed by atoms with Crippen LogP contribution in [0.25, 0.3) is 0 Å². The van der Waals surface area contributed by atoms with Gasteiger partial charge in [-0.15, -0.1) is 0 Å². The molecule has 122 valence electrons. The minimum Gasteiger partial charge on any atom is -0.325 e. The molecule has 0 bridgehead atoms. The molecule has 1 saturated heterocycles. The third kappa shape index (κ3) is 5.43. The van der Waals surface area contributed by atoms with Crippen molar-refractivity contribution >= 4 is 11.6 Å². The van der Waals surface area contributed by atoms with Crippen molar-refractivity contribution < 1.29 is 4.79 Å². The van der Waals surface area contributed by atoms with E-state index in [2.05, 4.69) is 48.0 Å². The third-order valence-electron chi connectivity index (χ3n) is 4.07. The second kappa shape index (κ2) is 8.30. The van der Waals surface area contributed by atoms with Gasteiger partial charge in [-0.25, -0.2) is 0 Å². The lowest BCUT2D eigenvalue weighted by molar-refractivity contribution is -0.117. The number of piperazine rings is 1. The Kier molecular flexibility index (Phi) is 6.40. The minimum absolute atomic E-state index is 0.0885. The summed E-state index contributed by atoms with van der Waals surface area (Å²) in [6.45, 7) is 12.4. The van der Waals surface area contributed by atoms with E-state index in [1.54, 1.807) is 0 Å². The van der Waals surface area contributed by atoms with Crippen LogP contribution in [-0.2, 0) is 11.2 Å². The topological polar surface area (TPSA) is 35.6 Å². The second-order valence-corrected chi connectivity index (χ2v) is 6.57. The molecule has 2 rings (SSSR count). The molecule has 0 atom stereocenters. The quantitative estimate of drug-likeness (QED) is 0.877. The average Bonchev–Trinajstić information content (AvgIpc) is 2.49. The minimum atomic E-state index is 0.0885. The fraction of sp³-hybridized carbons (Fsp3) is 0.611. The Labute approximate surface area is 134 Å².